The predicted molar refractivity (Wildman–Crippen MR) is 91.7 cm³/mol. The molecule has 0 radical (unpaired) electrons. The second-order valence-corrected chi connectivity index (χ2v) is 5.94. The topological polar surface area (TPSA) is 88.3 Å². The highest BCUT2D eigenvalue weighted by Gasteiger charge is 2.13. The summed E-state index contributed by atoms with van der Waals surface area (Å²) in [4.78, 5) is 0. The van der Waals surface area contributed by atoms with Gasteiger partial charge in [0.2, 0.25) is 11.0 Å². The zero-order valence-corrected chi connectivity index (χ0v) is 14.0. The first-order chi connectivity index (χ1) is 11.8. The molecule has 0 aliphatic heterocycles. The number of rotatable bonds is 8. The molecule has 0 fully saturated rings. The van der Waals surface area contributed by atoms with Crippen molar-refractivity contribution in [3.8, 4) is 23.1 Å². The van der Waals surface area contributed by atoms with Crippen LogP contribution in [0.4, 0.5) is 0 Å². The van der Waals surface area contributed by atoms with Crippen LogP contribution in [0, 0.1) is 0 Å². The molecule has 2 N–H and O–H groups in total. The SMILES string of the molecule is COc1ccc(OCCCSc2nnc(-c3ccco3)n2N)cc1. The highest BCUT2D eigenvalue weighted by atomic mass is 32.2. The van der Waals surface area contributed by atoms with Gasteiger partial charge in [-0.15, -0.1) is 10.2 Å². The van der Waals surface area contributed by atoms with E-state index in [2.05, 4.69) is 10.2 Å². The molecule has 7 nitrogen and oxygen atoms in total. The number of hydrogen-bond acceptors (Lipinski definition) is 7. The van der Waals surface area contributed by atoms with Crippen LogP contribution in [-0.2, 0) is 0 Å². The van der Waals surface area contributed by atoms with Crippen molar-refractivity contribution in [1.29, 1.82) is 0 Å². The Bertz CT molecular complexity index is 756. The van der Waals surface area contributed by atoms with Gasteiger partial charge in [-0.2, -0.15) is 0 Å². The Kier molecular flexibility index (Phi) is 5.27. The maximum Gasteiger partial charge on any atom is 0.218 e. The summed E-state index contributed by atoms with van der Waals surface area (Å²) in [6.45, 7) is 0.614. The van der Waals surface area contributed by atoms with Gasteiger partial charge in [0.1, 0.15) is 11.5 Å². The Morgan fingerprint density at radius 2 is 1.96 bits per heavy atom. The standard InChI is InChI=1S/C16H18N4O3S/c1-21-12-5-7-13(8-6-12)22-10-3-11-24-16-19-18-15(20(16)17)14-4-2-9-23-14/h2,4-9H,3,10-11,17H2,1H3. The second-order valence-electron chi connectivity index (χ2n) is 4.88. The molecule has 3 rings (SSSR count). The minimum Gasteiger partial charge on any atom is -0.497 e. The van der Waals surface area contributed by atoms with E-state index in [1.54, 1.807) is 25.5 Å². The van der Waals surface area contributed by atoms with Crippen molar-refractivity contribution in [1.82, 2.24) is 14.9 Å². The lowest BCUT2D eigenvalue weighted by molar-refractivity contribution is 0.318. The summed E-state index contributed by atoms with van der Waals surface area (Å²) in [5, 5.41) is 8.78. The van der Waals surface area contributed by atoms with Crippen LogP contribution in [0.25, 0.3) is 11.6 Å². The highest BCUT2D eigenvalue weighted by molar-refractivity contribution is 7.99. The molecule has 0 bridgehead atoms. The first-order valence-electron chi connectivity index (χ1n) is 7.42. The van der Waals surface area contributed by atoms with Gasteiger partial charge < -0.3 is 19.7 Å². The number of furan rings is 1. The Hall–Kier alpha value is -2.61. The summed E-state index contributed by atoms with van der Waals surface area (Å²) in [7, 11) is 1.64. The average Bonchev–Trinajstić information content (AvgIpc) is 3.25. The van der Waals surface area contributed by atoms with E-state index in [1.165, 1.54) is 16.4 Å². The molecule has 0 saturated heterocycles. The van der Waals surface area contributed by atoms with Crippen molar-refractivity contribution in [2.24, 2.45) is 0 Å². The Morgan fingerprint density at radius 1 is 1.17 bits per heavy atom. The summed E-state index contributed by atoms with van der Waals surface area (Å²) in [5.74, 6) is 9.56. The van der Waals surface area contributed by atoms with E-state index in [0.717, 1.165) is 23.7 Å². The first-order valence-corrected chi connectivity index (χ1v) is 8.40. The molecule has 24 heavy (non-hydrogen) atoms. The third-order valence-corrected chi connectivity index (χ3v) is 4.28. The quantitative estimate of drug-likeness (QED) is 0.381. The van der Waals surface area contributed by atoms with Gasteiger partial charge in [0, 0.05) is 5.75 Å². The fourth-order valence-corrected chi connectivity index (χ4v) is 2.80. The predicted octanol–water partition coefficient (Wildman–Crippen LogP) is 2.82. The molecule has 126 valence electrons. The van der Waals surface area contributed by atoms with E-state index < -0.39 is 0 Å². The van der Waals surface area contributed by atoms with Gasteiger partial charge in [-0.1, -0.05) is 11.8 Å². The van der Waals surface area contributed by atoms with E-state index in [0.29, 0.717) is 23.3 Å². The highest BCUT2D eigenvalue weighted by Crippen LogP contribution is 2.22. The van der Waals surface area contributed by atoms with Crippen LogP contribution < -0.4 is 15.3 Å². The molecule has 0 aliphatic rings. The molecule has 0 unspecified atom stereocenters. The zero-order valence-electron chi connectivity index (χ0n) is 13.2. The van der Waals surface area contributed by atoms with Crippen molar-refractivity contribution in [2.45, 2.75) is 11.6 Å². The molecule has 0 spiro atoms. The van der Waals surface area contributed by atoms with Gasteiger partial charge >= 0.3 is 0 Å². The second kappa shape index (κ2) is 7.78. The molecule has 0 atom stereocenters. The van der Waals surface area contributed by atoms with Crippen molar-refractivity contribution in [2.75, 3.05) is 25.3 Å². The fraction of sp³-hybridized carbons (Fsp3) is 0.250. The normalized spacial score (nSPS) is 10.7. The zero-order chi connectivity index (χ0) is 16.8. The third kappa shape index (κ3) is 3.83. The van der Waals surface area contributed by atoms with Crippen LogP contribution in [0.2, 0.25) is 0 Å². The van der Waals surface area contributed by atoms with Gasteiger partial charge in [-0.3, -0.25) is 0 Å². The number of ether oxygens (including phenoxy) is 2. The largest absolute Gasteiger partial charge is 0.497 e. The number of nitrogens with zero attached hydrogens (tertiary/aromatic N) is 3. The van der Waals surface area contributed by atoms with Gasteiger partial charge in [0.15, 0.2) is 5.76 Å². The van der Waals surface area contributed by atoms with Crippen LogP contribution >= 0.6 is 11.8 Å². The molecule has 3 aromatic rings. The number of benzene rings is 1. The molecule has 8 heteroatoms. The number of nitrogens with two attached hydrogens (primary N) is 1. The van der Waals surface area contributed by atoms with Crippen LogP contribution in [0.3, 0.4) is 0 Å². The van der Waals surface area contributed by atoms with E-state index in [9.17, 15) is 0 Å². The molecule has 0 aliphatic carbocycles. The Labute approximate surface area is 143 Å². The maximum atomic E-state index is 6.00. The lowest BCUT2D eigenvalue weighted by atomic mass is 10.3. The summed E-state index contributed by atoms with van der Waals surface area (Å²) >= 11 is 1.53. The summed E-state index contributed by atoms with van der Waals surface area (Å²) in [6, 6.07) is 11.1. The van der Waals surface area contributed by atoms with Gasteiger partial charge in [-0.25, -0.2) is 4.68 Å². The van der Waals surface area contributed by atoms with Gasteiger partial charge in [-0.05, 0) is 42.8 Å². The minimum absolute atomic E-state index is 0.511. The molecular weight excluding hydrogens is 328 g/mol. The Morgan fingerprint density at radius 3 is 2.67 bits per heavy atom. The molecule has 1 aromatic carbocycles. The van der Waals surface area contributed by atoms with Crippen molar-refractivity contribution in [3.63, 3.8) is 0 Å². The monoisotopic (exact) mass is 346 g/mol. The average molecular weight is 346 g/mol. The number of aromatic nitrogens is 3. The minimum atomic E-state index is 0.511. The smallest absolute Gasteiger partial charge is 0.218 e. The number of methoxy groups -OCH3 is 1. The lowest BCUT2D eigenvalue weighted by Crippen LogP contribution is -2.11. The van der Waals surface area contributed by atoms with Crippen LogP contribution in [0.1, 0.15) is 6.42 Å². The molecular formula is C16H18N4O3S. The molecule has 0 saturated carbocycles. The van der Waals surface area contributed by atoms with E-state index in [1.807, 2.05) is 24.3 Å². The van der Waals surface area contributed by atoms with E-state index in [-0.39, 0.29) is 0 Å². The van der Waals surface area contributed by atoms with Crippen LogP contribution in [0.15, 0.2) is 52.2 Å². The van der Waals surface area contributed by atoms with Crippen molar-refractivity contribution >= 4 is 11.8 Å². The van der Waals surface area contributed by atoms with Crippen LogP contribution in [-0.4, -0.2) is 34.3 Å². The number of hydrogen-bond donors (Lipinski definition) is 1. The molecule has 0 amide bonds. The lowest BCUT2D eigenvalue weighted by Gasteiger charge is -2.07. The van der Waals surface area contributed by atoms with Crippen molar-refractivity contribution in [3.05, 3.63) is 42.7 Å². The Balaban J connectivity index is 1.43. The van der Waals surface area contributed by atoms with Gasteiger partial charge in [0.05, 0.1) is 20.0 Å². The summed E-state index contributed by atoms with van der Waals surface area (Å²) < 4.78 is 17.5. The summed E-state index contributed by atoms with van der Waals surface area (Å²) in [6.07, 6.45) is 2.44. The molecule has 2 aromatic heterocycles. The van der Waals surface area contributed by atoms with E-state index >= 15 is 0 Å². The molecule has 2 heterocycles. The first kappa shape index (κ1) is 16.3. The third-order valence-electron chi connectivity index (χ3n) is 3.25. The van der Waals surface area contributed by atoms with Crippen molar-refractivity contribution < 1.29 is 13.9 Å². The maximum absolute atomic E-state index is 6.00. The van der Waals surface area contributed by atoms with E-state index in [4.69, 9.17) is 19.7 Å². The van der Waals surface area contributed by atoms with Crippen LogP contribution in [0.5, 0.6) is 11.5 Å². The number of nitrogen functional groups attached to an aromatic ring is 1. The van der Waals surface area contributed by atoms with Gasteiger partial charge in [0.25, 0.3) is 0 Å². The fourth-order valence-electron chi connectivity index (χ4n) is 2.03. The summed E-state index contributed by atoms with van der Waals surface area (Å²) in [5.41, 5.74) is 0. The number of thioether (sulfide) groups is 1.